The van der Waals surface area contributed by atoms with Crippen LogP contribution >= 0.6 is 0 Å². The molecule has 0 radical (unpaired) electrons. The number of amides is 2. The minimum absolute atomic E-state index is 0.174. The Morgan fingerprint density at radius 3 is 2.52 bits per heavy atom. The molecule has 3 aliphatic rings. The van der Waals surface area contributed by atoms with E-state index in [2.05, 4.69) is 24.1 Å². The Bertz CT molecular complexity index is 512. The molecule has 0 bridgehead atoms. The number of hydrogen-bond donors (Lipinski definition) is 1. The fourth-order valence-corrected chi connectivity index (χ4v) is 5.24. The maximum absolute atomic E-state index is 13.0. The van der Waals surface area contributed by atoms with Crippen LogP contribution in [-0.4, -0.2) is 48.6 Å². The van der Waals surface area contributed by atoms with Gasteiger partial charge in [0.2, 0.25) is 11.8 Å². The Labute approximate surface area is 164 Å². The summed E-state index contributed by atoms with van der Waals surface area (Å²) in [7, 11) is 0. The van der Waals surface area contributed by atoms with Crippen LogP contribution in [0.15, 0.2) is 0 Å². The molecule has 5 nitrogen and oxygen atoms in total. The predicted molar refractivity (Wildman–Crippen MR) is 106 cm³/mol. The molecule has 2 amide bonds. The highest BCUT2D eigenvalue weighted by Crippen LogP contribution is 2.55. The third kappa shape index (κ3) is 4.67. The van der Waals surface area contributed by atoms with Gasteiger partial charge < -0.3 is 15.0 Å². The molecule has 3 rings (SSSR count). The van der Waals surface area contributed by atoms with Crippen molar-refractivity contribution in [2.24, 2.45) is 11.3 Å². The van der Waals surface area contributed by atoms with Crippen molar-refractivity contribution in [1.82, 2.24) is 10.2 Å². The summed E-state index contributed by atoms with van der Waals surface area (Å²) in [5.41, 5.74) is 0.194. The van der Waals surface area contributed by atoms with Crippen LogP contribution in [0.2, 0.25) is 0 Å². The first kappa shape index (κ1) is 20.6. The zero-order chi connectivity index (χ0) is 19.3. The summed E-state index contributed by atoms with van der Waals surface area (Å²) in [5, 5.41) is 2.98. The fourth-order valence-electron chi connectivity index (χ4n) is 5.24. The van der Waals surface area contributed by atoms with Crippen molar-refractivity contribution in [3.05, 3.63) is 0 Å². The third-order valence-corrected chi connectivity index (χ3v) is 6.87. The van der Waals surface area contributed by atoms with Gasteiger partial charge in [0.05, 0.1) is 6.10 Å². The lowest BCUT2D eigenvalue weighted by atomic mass is 9.54. The molecule has 0 aromatic rings. The molecule has 3 saturated carbocycles. The Balaban J connectivity index is 1.54. The molecule has 5 heteroatoms. The van der Waals surface area contributed by atoms with Gasteiger partial charge in [-0.1, -0.05) is 26.2 Å². The van der Waals surface area contributed by atoms with Crippen molar-refractivity contribution in [2.75, 3.05) is 19.7 Å². The highest BCUT2D eigenvalue weighted by molar-refractivity contribution is 5.81. The van der Waals surface area contributed by atoms with Crippen molar-refractivity contribution in [3.8, 4) is 0 Å². The number of carbonyl (C=O) groups excluding carboxylic acids is 2. The molecule has 0 aliphatic heterocycles. The van der Waals surface area contributed by atoms with Gasteiger partial charge in [-0.05, 0) is 51.9 Å². The van der Waals surface area contributed by atoms with E-state index >= 15 is 0 Å². The molecular formula is C22H38N2O3. The van der Waals surface area contributed by atoms with E-state index in [1.54, 1.807) is 0 Å². The van der Waals surface area contributed by atoms with Gasteiger partial charge in [0.1, 0.15) is 0 Å². The maximum atomic E-state index is 13.0. The number of rotatable bonds is 10. The van der Waals surface area contributed by atoms with Crippen LogP contribution in [0.4, 0.5) is 0 Å². The first-order valence-corrected chi connectivity index (χ1v) is 11.3. The van der Waals surface area contributed by atoms with Crippen molar-refractivity contribution < 1.29 is 14.3 Å². The van der Waals surface area contributed by atoms with E-state index in [9.17, 15) is 9.59 Å². The molecule has 0 aromatic heterocycles. The zero-order valence-electron chi connectivity index (χ0n) is 17.3. The number of ether oxygens (including phenoxy) is 1. The van der Waals surface area contributed by atoms with Crippen LogP contribution in [0.25, 0.3) is 0 Å². The SMILES string of the molecule is CCCN(C(=O)CCCNC(=O)C1CC1)[C@H]1C[C@H](OCC)C12CCCCC2. The smallest absolute Gasteiger partial charge is 0.223 e. The molecule has 3 fully saturated rings. The fraction of sp³-hybridized carbons (Fsp3) is 0.909. The monoisotopic (exact) mass is 378 g/mol. The van der Waals surface area contributed by atoms with Gasteiger partial charge in [-0.3, -0.25) is 9.59 Å². The maximum Gasteiger partial charge on any atom is 0.223 e. The summed E-state index contributed by atoms with van der Waals surface area (Å²) in [6, 6.07) is 0.350. The predicted octanol–water partition coefficient (Wildman–Crippen LogP) is 3.66. The average Bonchev–Trinajstić information content (AvgIpc) is 3.52. The van der Waals surface area contributed by atoms with E-state index in [-0.39, 0.29) is 23.1 Å². The van der Waals surface area contributed by atoms with E-state index < -0.39 is 0 Å². The Hall–Kier alpha value is -1.10. The molecule has 154 valence electrons. The van der Waals surface area contributed by atoms with Gasteiger partial charge in [-0.25, -0.2) is 0 Å². The van der Waals surface area contributed by atoms with Gasteiger partial charge in [0.15, 0.2) is 0 Å². The van der Waals surface area contributed by atoms with Crippen LogP contribution in [0.5, 0.6) is 0 Å². The second-order valence-corrected chi connectivity index (χ2v) is 8.75. The van der Waals surface area contributed by atoms with E-state index in [0.29, 0.717) is 25.1 Å². The van der Waals surface area contributed by atoms with Gasteiger partial charge in [0, 0.05) is 43.5 Å². The molecule has 0 heterocycles. The standard InChI is InChI=1S/C22H38N2O3/c1-3-15-24(20(25)9-8-14-23-21(26)17-10-11-17)18-16-19(27-4-2)22(18)12-6-5-7-13-22/h17-19H,3-16H2,1-2H3,(H,23,26)/t18-,19-/m0/s1. The Kier molecular flexibility index (Phi) is 7.18. The lowest BCUT2D eigenvalue weighted by Gasteiger charge is -2.60. The minimum Gasteiger partial charge on any atom is -0.378 e. The Morgan fingerprint density at radius 1 is 1.15 bits per heavy atom. The first-order chi connectivity index (χ1) is 13.1. The number of nitrogens with zero attached hydrogens (tertiary/aromatic N) is 1. The molecular weight excluding hydrogens is 340 g/mol. The largest absolute Gasteiger partial charge is 0.378 e. The molecule has 0 saturated heterocycles. The first-order valence-electron chi connectivity index (χ1n) is 11.3. The minimum atomic E-state index is 0.174. The van der Waals surface area contributed by atoms with Crippen LogP contribution < -0.4 is 5.32 Å². The molecule has 2 atom stereocenters. The van der Waals surface area contributed by atoms with Gasteiger partial charge >= 0.3 is 0 Å². The normalized spacial score (nSPS) is 26.4. The molecule has 1 N–H and O–H groups in total. The summed E-state index contributed by atoms with van der Waals surface area (Å²) >= 11 is 0. The molecule has 0 unspecified atom stereocenters. The molecule has 27 heavy (non-hydrogen) atoms. The second kappa shape index (κ2) is 9.40. The summed E-state index contributed by atoms with van der Waals surface area (Å²) in [6.07, 6.45) is 11.9. The third-order valence-electron chi connectivity index (χ3n) is 6.87. The highest BCUT2D eigenvalue weighted by atomic mass is 16.5. The highest BCUT2D eigenvalue weighted by Gasteiger charge is 2.58. The lowest BCUT2D eigenvalue weighted by molar-refractivity contribution is -0.188. The lowest BCUT2D eigenvalue weighted by Crippen LogP contribution is -2.66. The van der Waals surface area contributed by atoms with Crippen LogP contribution in [-0.2, 0) is 14.3 Å². The van der Waals surface area contributed by atoms with E-state index in [0.717, 1.165) is 45.3 Å². The van der Waals surface area contributed by atoms with Crippen molar-refractivity contribution in [1.29, 1.82) is 0 Å². The van der Waals surface area contributed by atoms with Gasteiger partial charge in [-0.2, -0.15) is 0 Å². The summed E-state index contributed by atoms with van der Waals surface area (Å²) in [6.45, 7) is 6.47. The number of carbonyl (C=O) groups is 2. The summed E-state index contributed by atoms with van der Waals surface area (Å²) in [4.78, 5) is 26.9. The van der Waals surface area contributed by atoms with Crippen molar-refractivity contribution in [3.63, 3.8) is 0 Å². The van der Waals surface area contributed by atoms with E-state index in [1.165, 1.54) is 32.1 Å². The van der Waals surface area contributed by atoms with E-state index in [4.69, 9.17) is 4.74 Å². The number of hydrogen-bond acceptors (Lipinski definition) is 3. The number of nitrogens with one attached hydrogen (secondary N) is 1. The zero-order valence-corrected chi connectivity index (χ0v) is 17.3. The molecule has 0 aromatic carbocycles. The van der Waals surface area contributed by atoms with Crippen LogP contribution in [0, 0.1) is 11.3 Å². The second-order valence-electron chi connectivity index (χ2n) is 8.75. The molecule has 1 spiro atoms. The summed E-state index contributed by atoms with van der Waals surface area (Å²) < 4.78 is 6.08. The van der Waals surface area contributed by atoms with Crippen molar-refractivity contribution in [2.45, 2.75) is 96.6 Å². The average molecular weight is 379 g/mol. The summed E-state index contributed by atoms with van der Waals surface area (Å²) in [5.74, 6) is 0.684. The van der Waals surface area contributed by atoms with Crippen LogP contribution in [0.3, 0.4) is 0 Å². The van der Waals surface area contributed by atoms with Gasteiger partial charge in [-0.15, -0.1) is 0 Å². The Morgan fingerprint density at radius 2 is 1.89 bits per heavy atom. The molecule has 3 aliphatic carbocycles. The topological polar surface area (TPSA) is 58.6 Å². The van der Waals surface area contributed by atoms with E-state index in [1.807, 2.05) is 0 Å². The quantitative estimate of drug-likeness (QED) is 0.590. The van der Waals surface area contributed by atoms with Crippen molar-refractivity contribution >= 4 is 11.8 Å². The van der Waals surface area contributed by atoms with Gasteiger partial charge in [0.25, 0.3) is 0 Å². The van der Waals surface area contributed by atoms with Crippen LogP contribution in [0.1, 0.15) is 84.5 Å².